The van der Waals surface area contributed by atoms with Crippen LogP contribution in [-0.4, -0.2) is 26.7 Å². The Balaban J connectivity index is 2.70. The Kier molecular flexibility index (Phi) is 2.90. The van der Waals surface area contributed by atoms with Gasteiger partial charge in [0.1, 0.15) is 5.82 Å². The van der Waals surface area contributed by atoms with Crippen LogP contribution in [0.15, 0.2) is 12.3 Å². The molecule has 0 radical (unpaired) electrons. The second-order valence-electron chi connectivity index (χ2n) is 3.82. The number of rotatable bonds is 3. The Morgan fingerprint density at radius 1 is 1.57 bits per heavy atom. The molecule has 5 nitrogen and oxygen atoms in total. The quantitative estimate of drug-likeness (QED) is 0.660. The Morgan fingerprint density at radius 2 is 2.21 bits per heavy atom. The van der Waals surface area contributed by atoms with E-state index in [-0.39, 0.29) is 6.04 Å². The maximum Gasteiger partial charge on any atom is 0.224 e. The van der Waals surface area contributed by atoms with Crippen LogP contribution in [0, 0.1) is 0 Å². The number of nitrogens with zero attached hydrogens (tertiary/aromatic N) is 2. The third-order valence-corrected chi connectivity index (χ3v) is 2.08. The number of nitrogen functional groups attached to an aromatic ring is 1. The molecular weight excluding hydrogens is 180 g/mol. The van der Waals surface area contributed by atoms with Crippen molar-refractivity contribution in [3.05, 3.63) is 12.3 Å². The zero-order chi connectivity index (χ0) is 10.8. The molecule has 1 aromatic heterocycles. The molecule has 0 spiro atoms. The molecule has 0 bridgehead atoms. The first-order valence-corrected chi connectivity index (χ1v) is 4.47. The zero-order valence-corrected chi connectivity index (χ0v) is 8.65. The topological polar surface area (TPSA) is 84.1 Å². The van der Waals surface area contributed by atoms with Gasteiger partial charge in [-0.15, -0.1) is 0 Å². The van der Waals surface area contributed by atoms with Crippen molar-refractivity contribution in [1.29, 1.82) is 0 Å². The lowest BCUT2D eigenvalue weighted by Crippen LogP contribution is -2.39. The van der Waals surface area contributed by atoms with E-state index in [2.05, 4.69) is 15.3 Å². The molecule has 0 saturated heterocycles. The van der Waals surface area contributed by atoms with Crippen LogP contribution in [-0.2, 0) is 0 Å². The van der Waals surface area contributed by atoms with Crippen LogP contribution in [0.1, 0.15) is 20.8 Å². The molecule has 1 aromatic rings. The summed E-state index contributed by atoms with van der Waals surface area (Å²) in [6, 6.07) is 1.46. The summed E-state index contributed by atoms with van der Waals surface area (Å²) in [4.78, 5) is 7.95. The fourth-order valence-electron chi connectivity index (χ4n) is 0.812. The van der Waals surface area contributed by atoms with E-state index in [1.807, 2.05) is 6.92 Å². The highest BCUT2D eigenvalue weighted by Crippen LogP contribution is 2.12. The molecule has 0 aliphatic heterocycles. The Morgan fingerprint density at radius 3 is 2.71 bits per heavy atom. The summed E-state index contributed by atoms with van der Waals surface area (Å²) in [6.45, 7) is 5.29. The maximum absolute atomic E-state index is 9.67. The number of aliphatic hydroxyl groups is 1. The van der Waals surface area contributed by atoms with Gasteiger partial charge in [0.15, 0.2) is 0 Å². The summed E-state index contributed by atoms with van der Waals surface area (Å²) in [5, 5.41) is 12.6. The number of nitrogens with two attached hydrogens (primary N) is 1. The highest BCUT2D eigenvalue weighted by Gasteiger charge is 2.22. The fraction of sp³-hybridized carbons (Fsp3) is 0.556. The van der Waals surface area contributed by atoms with Gasteiger partial charge in [0.2, 0.25) is 5.95 Å². The number of hydrogen-bond donors (Lipinski definition) is 3. The number of anilines is 2. The van der Waals surface area contributed by atoms with Gasteiger partial charge in [-0.1, -0.05) is 0 Å². The predicted molar refractivity (Wildman–Crippen MR) is 55.8 cm³/mol. The predicted octanol–water partition coefficient (Wildman–Crippen LogP) is 0.630. The lowest BCUT2D eigenvalue weighted by atomic mass is 10.0. The van der Waals surface area contributed by atoms with E-state index in [1.54, 1.807) is 26.1 Å². The highest BCUT2D eigenvalue weighted by atomic mass is 16.3. The normalized spacial score (nSPS) is 13.7. The second-order valence-corrected chi connectivity index (χ2v) is 3.82. The molecule has 0 fully saturated rings. The van der Waals surface area contributed by atoms with Crippen molar-refractivity contribution in [3.63, 3.8) is 0 Å². The summed E-state index contributed by atoms with van der Waals surface area (Å²) in [6.07, 6.45) is 1.57. The molecule has 0 aromatic carbocycles. The van der Waals surface area contributed by atoms with E-state index in [0.717, 1.165) is 0 Å². The molecule has 1 rings (SSSR count). The monoisotopic (exact) mass is 196 g/mol. The molecule has 4 N–H and O–H groups in total. The number of hydrogen-bond acceptors (Lipinski definition) is 5. The van der Waals surface area contributed by atoms with Gasteiger partial charge in [0, 0.05) is 6.20 Å². The smallest absolute Gasteiger partial charge is 0.224 e. The first-order chi connectivity index (χ1) is 6.39. The summed E-state index contributed by atoms with van der Waals surface area (Å²) in [7, 11) is 0. The van der Waals surface area contributed by atoms with Gasteiger partial charge in [0.05, 0.1) is 11.6 Å². The van der Waals surface area contributed by atoms with Crippen LogP contribution in [0.4, 0.5) is 11.8 Å². The van der Waals surface area contributed by atoms with E-state index in [9.17, 15) is 5.11 Å². The Bertz CT molecular complexity index is 308. The van der Waals surface area contributed by atoms with E-state index >= 15 is 0 Å². The molecule has 1 atom stereocenters. The van der Waals surface area contributed by atoms with Gasteiger partial charge < -0.3 is 16.2 Å². The van der Waals surface area contributed by atoms with Crippen molar-refractivity contribution in [3.8, 4) is 0 Å². The summed E-state index contributed by atoms with van der Waals surface area (Å²) in [5.74, 6) is 0.838. The first-order valence-electron chi connectivity index (χ1n) is 4.47. The molecule has 0 saturated carbocycles. The lowest BCUT2D eigenvalue weighted by Gasteiger charge is -2.26. The maximum atomic E-state index is 9.67. The molecule has 0 aliphatic carbocycles. The van der Waals surface area contributed by atoms with Crippen molar-refractivity contribution >= 4 is 11.8 Å². The van der Waals surface area contributed by atoms with Crippen molar-refractivity contribution in [1.82, 2.24) is 9.97 Å². The van der Waals surface area contributed by atoms with E-state index < -0.39 is 5.60 Å². The van der Waals surface area contributed by atoms with Crippen molar-refractivity contribution in [2.75, 3.05) is 11.1 Å². The minimum atomic E-state index is -0.825. The number of aromatic nitrogens is 2. The first kappa shape index (κ1) is 10.7. The van der Waals surface area contributed by atoms with E-state index in [0.29, 0.717) is 11.8 Å². The third-order valence-electron chi connectivity index (χ3n) is 2.08. The van der Waals surface area contributed by atoms with Gasteiger partial charge in [0.25, 0.3) is 0 Å². The SMILES string of the molecule is CC(Nc1nccc(N)n1)C(C)(C)O. The summed E-state index contributed by atoms with van der Waals surface area (Å²) < 4.78 is 0. The largest absolute Gasteiger partial charge is 0.388 e. The molecule has 78 valence electrons. The van der Waals surface area contributed by atoms with Crippen molar-refractivity contribution < 1.29 is 5.11 Å². The lowest BCUT2D eigenvalue weighted by molar-refractivity contribution is 0.0646. The van der Waals surface area contributed by atoms with Crippen LogP contribution in [0.5, 0.6) is 0 Å². The minimum Gasteiger partial charge on any atom is -0.388 e. The highest BCUT2D eigenvalue weighted by molar-refractivity contribution is 5.36. The van der Waals surface area contributed by atoms with Gasteiger partial charge in [-0.2, -0.15) is 4.98 Å². The zero-order valence-electron chi connectivity index (χ0n) is 8.65. The molecule has 1 heterocycles. The van der Waals surface area contributed by atoms with Crippen LogP contribution < -0.4 is 11.1 Å². The second kappa shape index (κ2) is 3.79. The van der Waals surface area contributed by atoms with Gasteiger partial charge >= 0.3 is 0 Å². The van der Waals surface area contributed by atoms with Gasteiger partial charge in [-0.05, 0) is 26.8 Å². The molecule has 0 amide bonds. The average Bonchev–Trinajstić information content (AvgIpc) is 2.02. The molecule has 0 aliphatic rings. The van der Waals surface area contributed by atoms with E-state index in [1.165, 1.54) is 0 Å². The summed E-state index contributed by atoms with van der Waals surface area (Å²) in [5.41, 5.74) is 4.66. The molecule has 14 heavy (non-hydrogen) atoms. The van der Waals surface area contributed by atoms with Gasteiger partial charge in [-0.25, -0.2) is 4.98 Å². The van der Waals surface area contributed by atoms with Crippen LogP contribution in [0.25, 0.3) is 0 Å². The molecular formula is C9H16N4O. The fourth-order valence-corrected chi connectivity index (χ4v) is 0.812. The average molecular weight is 196 g/mol. The van der Waals surface area contributed by atoms with Crippen LogP contribution in [0.3, 0.4) is 0 Å². The Labute approximate surface area is 83.4 Å². The molecule has 5 heteroatoms. The van der Waals surface area contributed by atoms with Gasteiger partial charge in [-0.3, -0.25) is 0 Å². The van der Waals surface area contributed by atoms with Crippen molar-refractivity contribution in [2.45, 2.75) is 32.4 Å². The van der Waals surface area contributed by atoms with E-state index in [4.69, 9.17) is 5.73 Å². The van der Waals surface area contributed by atoms with Crippen LogP contribution in [0.2, 0.25) is 0 Å². The molecule has 1 unspecified atom stereocenters. The van der Waals surface area contributed by atoms with Crippen molar-refractivity contribution in [2.24, 2.45) is 0 Å². The summed E-state index contributed by atoms with van der Waals surface area (Å²) >= 11 is 0. The minimum absolute atomic E-state index is 0.149. The number of nitrogens with one attached hydrogen (secondary N) is 1. The Hall–Kier alpha value is -1.36. The van der Waals surface area contributed by atoms with Crippen LogP contribution >= 0.6 is 0 Å². The third kappa shape index (κ3) is 2.85. The standard InChI is InChI=1S/C9H16N4O/c1-6(9(2,3)14)12-8-11-5-4-7(10)13-8/h4-6,14H,1-3H3,(H3,10,11,12,13).